The minimum absolute atomic E-state index is 0.206. The van der Waals surface area contributed by atoms with Gasteiger partial charge in [0, 0.05) is 5.56 Å². The zero-order valence-corrected chi connectivity index (χ0v) is 12.5. The first kappa shape index (κ1) is 15.7. The molecule has 0 N–H and O–H groups in total. The molecule has 0 unspecified atom stereocenters. The Balaban J connectivity index is 2.75. The third kappa shape index (κ3) is 5.87. The molecule has 104 valence electrons. The van der Waals surface area contributed by atoms with Crippen LogP contribution in [0.1, 0.15) is 63.2 Å². The van der Waals surface area contributed by atoms with Crippen LogP contribution in [0.5, 0.6) is 0 Å². The molecule has 19 heavy (non-hydrogen) atoms. The summed E-state index contributed by atoms with van der Waals surface area (Å²) >= 11 is 0. The zero-order chi connectivity index (χ0) is 14.1. The zero-order valence-electron chi connectivity index (χ0n) is 12.5. The molecule has 0 aliphatic carbocycles. The largest absolute Gasteiger partial charge is 0.289 e. The minimum Gasteiger partial charge on any atom is -0.289 e. The van der Waals surface area contributed by atoms with Crippen LogP contribution in [-0.4, -0.2) is 5.78 Å². The number of allylic oxidation sites excluding steroid dienone is 2. The lowest BCUT2D eigenvalue weighted by Crippen LogP contribution is -2.04. The number of hydrogen-bond donors (Lipinski definition) is 0. The highest BCUT2D eigenvalue weighted by Crippen LogP contribution is 2.17. The standard InChI is InChI=1S/C18H26O/c1-4-5-11-16(14-9-10-15(2)3)18(19)17-12-7-6-8-13-17/h6-8,12-15H,4-5,9-11H2,1-3H3/b16-14-. The molecular formula is C18H26O. The van der Waals surface area contributed by atoms with E-state index in [1.54, 1.807) is 0 Å². The second-order valence-corrected chi connectivity index (χ2v) is 5.50. The molecular weight excluding hydrogens is 232 g/mol. The normalized spacial score (nSPS) is 11.9. The second kappa shape index (κ2) is 8.68. The number of carbonyl (C=O) groups is 1. The second-order valence-electron chi connectivity index (χ2n) is 5.50. The van der Waals surface area contributed by atoms with Crippen LogP contribution in [0.25, 0.3) is 0 Å². The van der Waals surface area contributed by atoms with E-state index in [1.807, 2.05) is 30.3 Å². The molecule has 1 nitrogen and oxygen atoms in total. The first-order valence-electron chi connectivity index (χ1n) is 7.44. The number of ketones is 1. The fourth-order valence-corrected chi connectivity index (χ4v) is 2.04. The van der Waals surface area contributed by atoms with Gasteiger partial charge >= 0.3 is 0 Å². The lowest BCUT2D eigenvalue weighted by atomic mass is 9.96. The van der Waals surface area contributed by atoms with Gasteiger partial charge in [-0.1, -0.05) is 63.6 Å². The summed E-state index contributed by atoms with van der Waals surface area (Å²) in [5.41, 5.74) is 1.81. The molecule has 0 heterocycles. The number of rotatable bonds is 8. The van der Waals surface area contributed by atoms with Crippen LogP contribution in [0.4, 0.5) is 0 Å². The van der Waals surface area contributed by atoms with Gasteiger partial charge in [0.05, 0.1) is 0 Å². The van der Waals surface area contributed by atoms with E-state index in [9.17, 15) is 4.79 Å². The Labute approximate surface area is 117 Å². The molecule has 0 spiro atoms. The van der Waals surface area contributed by atoms with Crippen LogP contribution in [-0.2, 0) is 0 Å². The molecule has 0 aliphatic heterocycles. The van der Waals surface area contributed by atoms with Crippen molar-refractivity contribution in [2.45, 2.75) is 52.9 Å². The van der Waals surface area contributed by atoms with Crippen molar-refractivity contribution in [1.82, 2.24) is 0 Å². The van der Waals surface area contributed by atoms with Crippen molar-refractivity contribution >= 4 is 5.78 Å². The third-order valence-corrected chi connectivity index (χ3v) is 3.26. The molecule has 0 atom stereocenters. The fraction of sp³-hybridized carbons (Fsp3) is 0.500. The number of carbonyl (C=O) groups excluding carboxylic acids is 1. The summed E-state index contributed by atoms with van der Waals surface area (Å²) in [6.07, 6.45) is 7.44. The fourth-order valence-electron chi connectivity index (χ4n) is 2.04. The topological polar surface area (TPSA) is 17.1 Å². The van der Waals surface area contributed by atoms with E-state index < -0.39 is 0 Å². The summed E-state index contributed by atoms with van der Waals surface area (Å²) in [5, 5.41) is 0. The lowest BCUT2D eigenvalue weighted by molar-refractivity contribution is 0.103. The monoisotopic (exact) mass is 258 g/mol. The van der Waals surface area contributed by atoms with Crippen LogP contribution < -0.4 is 0 Å². The van der Waals surface area contributed by atoms with Crippen LogP contribution in [0, 0.1) is 5.92 Å². The van der Waals surface area contributed by atoms with Gasteiger partial charge in [0.15, 0.2) is 5.78 Å². The van der Waals surface area contributed by atoms with Gasteiger partial charge in [-0.25, -0.2) is 0 Å². The van der Waals surface area contributed by atoms with Gasteiger partial charge in [0.1, 0.15) is 0 Å². The molecule has 1 heteroatoms. The van der Waals surface area contributed by atoms with Crippen molar-refractivity contribution in [1.29, 1.82) is 0 Å². The molecule has 1 aromatic rings. The molecule has 1 aromatic carbocycles. The first-order valence-corrected chi connectivity index (χ1v) is 7.44. The molecule has 0 amide bonds. The van der Waals surface area contributed by atoms with Gasteiger partial charge in [-0.2, -0.15) is 0 Å². The molecule has 0 saturated carbocycles. The lowest BCUT2D eigenvalue weighted by Gasteiger charge is -2.07. The Kier molecular flexibility index (Phi) is 7.17. The summed E-state index contributed by atoms with van der Waals surface area (Å²) in [6.45, 7) is 6.61. The minimum atomic E-state index is 0.206. The van der Waals surface area contributed by atoms with E-state index in [2.05, 4.69) is 26.8 Å². The Bertz CT molecular complexity index is 401. The highest BCUT2D eigenvalue weighted by Gasteiger charge is 2.11. The Hall–Kier alpha value is -1.37. The highest BCUT2D eigenvalue weighted by atomic mass is 16.1. The van der Waals surface area contributed by atoms with Crippen molar-refractivity contribution in [3.05, 3.63) is 47.5 Å². The van der Waals surface area contributed by atoms with E-state index in [4.69, 9.17) is 0 Å². The number of unbranched alkanes of at least 4 members (excludes halogenated alkanes) is 1. The van der Waals surface area contributed by atoms with Gasteiger partial charge in [0.25, 0.3) is 0 Å². The predicted molar refractivity (Wildman–Crippen MR) is 82.5 cm³/mol. The molecule has 0 bridgehead atoms. The summed E-state index contributed by atoms with van der Waals surface area (Å²) in [7, 11) is 0. The molecule has 1 rings (SSSR count). The maximum absolute atomic E-state index is 12.5. The summed E-state index contributed by atoms with van der Waals surface area (Å²) < 4.78 is 0. The maximum Gasteiger partial charge on any atom is 0.188 e. The number of benzene rings is 1. The van der Waals surface area contributed by atoms with E-state index in [0.717, 1.165) is 43.2 Å². The highest BCUT2D eigenvalue weighted by molar-refractivity contribution is 6.08. The van der Waals surface area contributed by atoms with E-state index in [-0.39, 0.29) is 5.78 Å². The van der Waals surface area contributed by atoms with E-state index in [1.165, 1.54) is 0 Å². The third-order valence-electron chi connectivity index (χ3n) is 3.26. The molecule has 0 fully saturated rings. The Morgan fingerprint density at radius 3 is 2.47 bits per heavy atom. The molecule has 0 saturated heterocycles. The summed E-state index contributed by atoms with van der Waals surface area (Å²) in [4.78, 5) is 12.5. The average Bonchev–Trinajstić information content (AvgIpc) is 2.42. The molecule has 0 aliphatic rings. The maximum atomic E-state index is 12.5. The van der Waals surface area contributed by atoms with E-state index >= 15 is 0 Å². The van der Waals surface area contributed by atoms with Gasteiger partial charge in [-0.15, -0.1) is 0 Å². The van der Waals surface area contributed by atoms with Gasteiger partial charge in [0.2, 0.25) is 0 Å². The van der Waals surface area contributed by atoms with Gasteiger partial charge < -0.3 is 0 Å². The summed E-state index contributed by atoms with van der Waals surface area (Å²) in [6, 6.07) is 9.62. The van der Waals surface area contributed by atoms with Gasteiger partial charge in [-0.3, -0.25) is 4.79 Å². The molecule has 0 radical (unpaired) electrons. The van der Waals surface area contributed by atoms with Crippen LogP contribution in [0.3, 0.4) is 0 Å². The number of hydrogen-bond acceptors (Lipinski definition) is 1. The Morgan fingerprint density at radius 1 is 1.21 bits per heavy atom. The van der Waals surface area contributed by atoms with Gasteiger partial charge in [-0.05, 0) is 37.2 Å². The average molecular weight is 258 g/mol. The van der Waals surface area contributed by atoms with Crippen LogP contribution >= 0.6 is 0 Å². The van der Waals surface area contributed by atoms with Crippen molar-refractivity contribution in [3.8, 4) is 0 Å². The summed E-state index contributed by atoms with van der Waals surface area (Å²) in [5.74, 6) is 0.897. The predicted octanol–water partition coefficient (Wildman–Crippen LogP) is 5.42. The SMILES string of the molecule is CCCC/C(=C/CCC(C)C)C(=O)c1ccccc1. The van der Waals surface area contributed by atoms with Crippen LogP contribution in [0.15, 0.2) is 42.0 Å². The first-order chi connectivity index (χ1) is 9.15. The van der Waals surface area contributed by atoms with Crippen molar-refractivity contribution in [2.75, 3.05) is 0 Å². The van der Waals surface area contributed by atoms with Crippen molar-refractivity contribution < 1.29 is 4.79 Å². The van der Waals surface area contributed by atoms with Crippen molar-refractivity contribution in [2.24, 2.45) is 5.92 Å². The quantitative estimate of drug-likeness (QED) is 0.449. The van der Waals surface area contributed by atoms with E-state index in [0.29, 0.717) is 5.92 Å². The van der Waals surface area contributed by atoms with Crippen LogP contribution in [0.2, 0.25) is 0 Å². The van der Waals surface area contributed by atoms with Crippen molar-refractivity contribution in [3.63, 3.8) is 0 Å². The molecule has 0 aromatic heterocycles. The Morgan fingerprint density at radius 2 is 1.89 bits per heavy atom. The smallest absolute Gasteiger partial charge is 0.188 e. The number of Topliss-reactive ketones (excluding diaryl/α,β-unsaturated/α-hetero) is 1.